The maximum atomic E-state index is 11.7. The Kier molecular flexibility index (Phi) is 3.11. The highest BCUT2D eigenvalue weighted by atomic mass is 32.1. The van der Waals surface area contributed by atoms with Crippen LogP contribution in [0.5, 0.6) is 5.75 Å². The van der Waals surface area contributed by atoms with Crippen LogP contribution in [0.3, 0.4) is 0 Å². The molecule has 0 atom stereocenters. The van der Waals surface area contributed by atoms with Crippen LogP contribution < -0.4 is 15.4 Å². The molecule has 1 aliphatic heterocycles. The van der Waals surface area contributed by atoms with E-state index in [1.54, 1.807) is 7.11 Å². The molecule has 102 valence electrons. The van der Waals surface area contributed by atoms with Gasteiger partial charge in [-0.15, -0.1) is 0 Å². The largest absolute Gasteiger partial charge is 0.497 e. The summed E-state index contributed by atoms with van der Waals surface area (Å²) in [4.78, 5) is 27.7. The second kappa shape index (κ2) is 4.93. The third-order valence-corrected chi connectivity index (χ3v) is 3.81. The smallest absolute Gasteiger partial charge is 0.233 e. The van der Waals surface area contributed by atoms with Gasteiger partial charge in [0.15, 0.2) is 16.7 Å². The van der Waals surface area contributed by atoms with Gasteiger partial charge < -0.3 is 15.4 Å². The van der Waals surface area contributed by atoms with Crippen molar-refractivity contribution in [2.75, 3.05) is 17.7 Å². The Bertz CT molecular complexity index is 679. The van der Waals surface area contributed by atoms with E-state index in [0.717, 1.165) is 11.4 Å². The van der Waals surface area contributed by atoms with Crippen molar-refractivity contribution in [2.45, 2.75) is 6.42 Å². The van der Waals surface area contributed by atoms with Crippen molar-refractivity contribution in [2.24, 2.45) is 0 Å². The van der Waals surface area contributed by atoms with Crippen LogP contribution in [-0.4, -0.2) is 23.8 Å². The molecule has 0 fully saturated rings. The number of nitrogens with zero attached hydrogens (tertiary/aromatic N) is 1. The lowest BCUT2D eigenvalue weighted by atomic mass is 10.2. The first kappa shape index (κ1) is 12.6. The molecule has 7 heteroatoms. The summed E-state index contributed by atoms with van der Waals surface area (Å²) < 4.78 is 5.08. The number of amides is 1. The molecule has 0 unspecified atom stereocenters. The molecule has 1 aliphatic rings. The third kappa shape index (κ3) is 2.35. The zero-order valence-corrected chi connectivity index (χ0v) is 11.4. The summed E-state index contributed by atoms with van der Waals surface area (Å²) in [6, 6.07) is 7.34. The first-order chi connectivity index (χ1) is 9.65. The Balaban J connectivity index is 1.83. The lowest BCUT2D eigenvalue weighted by Crippen LogP contribution is -2.22. The number of ketones is 1. The third-order valence-electron chi connectivity index (χ3n) is 2.80. The molecule has 0 spiro atoms. The number of nitrogens with one attached hydrogen (secondary N) is 2. The summed E-state index contributed by atoms with van der Waals surface area (Å²) in [5.74, 6) is 0.594. The number of hydrogen-bond acceptors (Lipinski definition) is 6. The van der Waals surface area contributed by atoms with Gasteiger partial charge in [-0.25, -0.2) is 4.98 Å². The number of fused-ring (bicyclic) bond motifs is 1. The number of ether oxygens (including phenoxy) is 1. The van der Waals surface area contributed by atoms with Crippen LogP contribution in [0.4, 0.5) is 16.6 Å². The van der Waals surface area contributed by atoms with E-state index in [4.69, 9.17) is 4.74 Å². The van der Waals surface area contributed by atoms with Crippen LogP contribution in [0.2, 0.25) is 0 Å². The minimum absolute atomic E-state index is 0.114. The minimum Gasteiger partial charge on any atom is -0.497 e. The van der Waals surface area contributed by atoms with Crippen LogP contribution >= 0.6 is 11.3 Å². The highest BCUT2D eigenvalue weighted by Gasteiger charge is 2.26. The molecular weight excluding hydrogens is 278 g/mol. The van der Waals surface area contributed by atoms with Crippen LogP contribution in [0.25, 0.3) is 0 Å². The zero-order valence-electron chi connectivity index (χ0n) is 10.6. The number of aromatic nitrogens is 1. The van der Waals surface area contributed by atoms with Crippen molar-refractivity contribution in [3.63, 3.8) is 0 Å². The molecule has 2 aromatic rings. The zero-order chi connectivity index (χ0) is 14.1. The van der Waals surface area contributed by atoms with E-state index < -0.39 is 0 Å². The van der Waals surface area contributed by atoms with E-state index in [2.05, 4.69) is 15.6 Å². The molecule has 20 heavy (non-hydrogen) atoms. The summed E-state index contributed by atoms with van der Waals surface area (Å²) in [7, 11) is 1.60. The number of methoxy groups -OCH3 is 1. The highest BCUT2D eigenvalue weighted by molar-refractivity contribution is 7.18. The van der Waals surface area contributed by atoms with Crippen molar-refractivity contribution >= 4 is 39.7 Å². The lowest BCUT2D eigenvalue weighted by molar-refractivity contribution is -0.115. The van der Waals surface area contributed by atoms with Crippen molar-refractivity contribution in [3.05, 3.63) is 29.1 Å². The van der Waals surface area contributed by atoms with Gasteiger partial charge in [0.25, 0.3) is 0 Å². The molecule has 0 bridgehead atoms. The Morgan fingerprint density at radius 3 is 2.75 bits per heavy atom. The fraction of sp³-hybridized carbons (Fsp3) is 0.154. The van der Waals surface area contributed by atoms with Crippen molar-refractivity contribution < 1.29 is 14.3 Å². The number of anilines is 3. The van der Waals surface area contributed by atoms with E-state index in [1.807, 2.05) is 24.3 Å². The molecule has 2 N–H and O–H groups in total. The van der Waals surface area contributed by atoms with Crippen LogP contribution in [0.1, 0.15) is 16.1 Å². The number of benzene rings is 1. The number of thiazole rings is 1. The first-order valence-electron chi connectivity index (χ1n) is 5.90. The molecule has 1 aromatic carbocycles. The van der Waals surface area contributed by atoms with E-state index in [9.17, 15) is 9.59 Å². The van der Waals surface area contributed by atoms with Gasteiger partial charge in [0.2, 0.25) is 5.91 Å². The molecule has 2 heterocycles. The molecule has 0 radical (unpaired) electrons. The predicted octanol–water partition coefficient (Wildman–Crippen LogP) is 2.42. The van der Waals surface area contributed by atoms with Gasteiger partial charge in [-0.05, 0) is 24.3 Å². The second-order valence-electron chi connectivity index (χ2n) is 4.20. The summed E-state index contributed by atoms with van der Waals surface area (Å²) in [6.07, 6.45) is -0.114. The lowest BCUT2D eigenvalue weighted by Gasteiger charge is -2.08. The molecule has 1 aromatic heterocycles. The highest BCUT2D eigenvalue weighted by Crippen LogP contribution is 2.33. The van der Waals surface area contributed by atoms with Gasteiger partial charge in [0.1, 0.15) is 10.6 Å². The van der Waals surface area contributed by atoms with E-state index in [-0.39, 0.29) is 18.1 Å². The van der Waals surface area contributed by atoms with Gasteiger partial charge in [-0.1, -0.05) is 11.3 Å². The number of Topliss-reactive ketones (excluding diaryl/α,β-unsaturated/α-hetero) is 1. The Morgan fingerprint density at radius 2 is 2.05 bits per heavy atom. The van der Waals surface area contributed by atoms with Gasteiger partial charge >= 0.3 is 0 Å². The van der Waals surface area contributed by atoms with E-state index in [0.29, 0.717) is 15.8 Å². The molecule has 1 amide bonds. The van der Waals surface area contributed by atoms with Gasteiger partial charge in [0, 0.05) is 5.69 Å². The molecule has 0 saturated carbocycles. The minimum atomic E-state index is -0.316. The van der Waals surface area contributed by atoms with E-state index >= 15 is 0 Å². The summed E-state index contributed by atoms with van der Waals surface area (Å²) in [5, 5.41) is 6.26. The van der Waals surface area contributed by atoms with Crippen LogP contribution in [-0.2, 0) is 4.79 Å². The monoisotopic (exact) mass is 289 g/mol. The SMILES string of the molecule is COc1ccc(Nc2nc3c(s2)C(=O)CC(=O)N3)cc1. The van der Waals surface area contributed by atoms with E-state index in [1.165, 1.54) is 11.3 Å². The average Bonchev–Trinajstić information content (AvgIpc) is 2.82. The topological polar surface area (TPSA) is 80.3 Å². The predicted molar refractivity (Wildman–Crippen MR) is 76.0 cm³/mol. The normalized spacial score (nSPS) is 13.7. The number of carbonyl (C=O) groups is 2. The average molecular weight is 289 g/mol. The fourth-order valence-electron chi connectivity index (χ4n) is 1.85. The Labute approximate surface area is 118 Å². The Hall–Kier alpha value is -2.41. The van der Waals surface area contributed by atoms with Crippen LogP contribution in [0, 0.1) is 0 Å². The summed E-state index contributed by atoms with van der Waals surface area (Å²) in [5.41, 5.74) is 0.829. The molecule has 0 saturated heterocycles. The molecule has 6 nitrogen and oxygen atoms in total. The number of carbonyl (C=O) groups excluding carboxylic acids is 2. The fourth-order valence-corrected chi connectivity index (χ4v) is 2.73. The van der Waals surface area contributed by atoms with Gasteiger partial charge in [-0.3, -0.25) is 9.59 Å². The number of rotatable bonds is 3. The summed E-state index contributed by atoms with van der Waals surface area (Å²) in [6.45, 7) is 0. The van der Waals surface area contributed by atoms with Crippen molar-refractivity contribution in [1.82, 2.24) is 4.98 Å². The maximum Gasteiger partial charge on any atom is 0.233 e. The number of hydrogen-bond donors (Lipinski definition) is 2. The van der Waals surface area contributed by atoms with Gasteiger partial charge in [-0.2, -0.15) is 0 Å². The Morgan fingerprint density at radius 1 is 1.30 bits per heavy atom. The van der Waals surface area contributed by atoms with Crippen molar-refractivity contribution in [3.8, 4) is 5.75 Å². The molecular formula is C13H11N3O3S. The first-order valence-corrected chi connectivity index (χ1v) is 6.72. The standard InChI is InChI=1S/C13H11N3O3S/c1-19-8-4-2-7(3-5-8)14-13-16-12-11(20-13)9(17)6-10(18)15-12/h2-5H,6H2,1H3,(H,14,16)(H,15,18). The molecule has 0 aliphatic carbocycles. The quantitative estimate of drug-likeness (QED) is 0.848. The second-order valence-corrected chi connectivity index (χ2v) is 5.20. The summed E-state index contributed by atoms with van der Waals surface area (Å²) >= 11 is 1.23. The van der Waals surface area contributed by atoms with Crippen molar-refractivity contribution in [1.29, 1.82) is 0 Å². The van der Waals surface area contributed by atoms with Crippen LogP contribution in [0.15, 0.2) is 24.3 Å². The van der Waals surface area contributed by atoms with Gasteiger partial charge in [0.05, 0.1) is 13.5 Å². The maximum absolute atomic E-state index is 11.7. The molecule has 3 rings (SSSR count).